The van der Waals surface area contributed by atoms with E-state index in [1.54, 1.807) is 24.3 Å². The third kappa shape index (κ3) is 1.98. The quantitative estimate of drug-likeness (QED) is 0.594. The van der Waals surface area contributed by atoms with Gasteiger partial charge in [-0.15, -0.1) is 0 Å². The smallest absolute Gasteiger partial charge is 0.335 e. The summed E-state index contributed by atoms with van der Waals surface area (Å²) in [6.45, 7) is 0. The summed E-state index contributed by atoms with van der Waals surface area (Å²) < 4.78 is 15.1. The van der Waals surface area contributed by atoms with Crippen LogP contribution in [0.5, 0.6) is 0 Å². The van der Waals surface area contributed by atoms with Gasteiger partial charge in [0.2, 0.25) is 0 Å². The van der Waals surface area contributed by atoms with Crippen molar-refractivity contribution in [3.8, 4) is 5.69 Å². The summed E-state index contributed by atoms with van der Waals surface area (Å²) in [6, 6.07) is 10.5. The maximum Gasteiger partial charge on any atom is 0.335 e. The van der Waals surface area contributed by atoms with Gasteiger partial charge in [-0.05, 0) is 24.3 Å². The third-order valence-electron chi connectivity index (χ3n) is 3.86. The molecule has 0 atom stereocenters. The number of nitrogens with one attached hydrogen (secondary N) is 1. The second-order valence-corrected chi connectivity index (χ2v) is 5.29. The number of aromatic carboxylic acids is 1. The number of benzene rings is 2. The minimum atomic E-state index is -1.09. The largest absolute Gasteiger partial charge is 0.478 e. The van der Waals surface area contributed by atoms with Gasteiger partial charge in [-0.2, -0.15) is 0 Å². The first kappa shape index (κ1) is 14.1. The minimum Gasteiger partial charge on any atom is -0.478 e. The second-order valence-electron chi connectivity index (χ2n) is 5.29. The maximum absolute atomic E-state index is 13.9. The van der Waals surface area contributed by atoms with Gasteiger partial charge in [0.05, 0.1) is 22.2 Å². The summed E-state index contributed by atoms with van der Waals surface area (Å²) in [5, 5.41) is 12.8. The Morgan fingerprint density at radius 2 is 1.96 bits per heavy atom. The van der Waals surface area contributed by atoms with Crippen LogP contribution in [0.1, 0.15) is 10.4 Å². The molecule has 0 aliphatic carbocycles. The van der Waals surface area contributed by atoms with Crippen molar-refractivity contribution in [3.05, 3.63) is 70.4 Å². The fourth-order valence-electron chi connectivity index (χ4n) is 2.71. The van der Waals surface area contributed by atoms with Crippen LogP contribution in [0.2, 0.25) is 0 Å². The zero-order valence-corrected chi connectivity index (χ0v) is 12.2. The van der Waals surface area contributed by atoms with E-state index in [1.165, 1.54) is 29.1 Å². The van der Waals surface area contributed by atoms with Crippen LogP contribution in [-0.2, 0) is 0 Å². The van der Waals surface area contributed by atoms with Crippen molar-refractivity contribution >= 4 is 27.8 Å². The van der Waals surface area contributed by atoms with E-state index in [1.807, 2.05) is 0 Å². The highest BCUT2D eigenvalue weighted by atomic mass is 19.1. The Balaban J connectivity index is 2.04. The molecule has 0 amide bonds. The zero-order valence-electron chi connectivity index (χ0n) is 12.2. The molecule has 0 unspecified atom stereocenters. The number of carbonyl (C=O) groups is 1. The average Bonchev–Trinajstić information content (AvgIpc) is 2.93. The van der Waals surface area contributed by atoms with Gasteiger partial charge in [-0.25, -0.2) is 13.9 Å². The number of fused-ring (bicyclic) bond motifs is 3. The van der Waals surface area contributed by atoms with E-state index in [-0.39, 0.29) is 16.6 Å². The Kier molecular flexibility index (Phi) is 2.96. The predicted octanol–water partition coefficient (Wildman–Crippen LogP) is 2.70. The summed E-state index contributed by atoms with van der Waals surface area (Å²) in [6.07, 6.45) is 1.32. The molecule has 7 heteroatoms. The highest BCUT2D eigenvalue weighted by Crippen LogP contribution is 2.22. The van der Waals surface area contributed by atoms with Crippen LogP contribution < -0.4 is 5.56 Å². The summed E-state index contributed by atoms with van der Waals surface area (Å²) in [4.78, 5) is 27.7. The molecule has 0 aliphatic rings. The summed E-state index contributed by atoms with van der Waals surface area (Å²) in [7, 11) is 0. The standard InChI is InChI=1S/C17H10FN3O3/c18-13-6-2-5-11-14-12(8-19-15(11)13)16(22)21(20-14)10-4-1-3-9(7-10)17(23)24/h1-8,20H,(H,23,24). The summed E-state index contributed by atoms with van der Waals surface area (Å²) in [5.41, 5.74) is 0.668. The third-order valence-corrected chi connectivity index (χ3v) is 3.86. The van der Waals surface area contributed by atoms with Crippen molar-refractivity contribution in [3.63, 3.8) is 0 Å². The van der Waals surface area contributed by atoms with E-state index in [4.69, 9.17) is 5.11 Å². The molecule has 0 bridgehead atoms. The van der Waals surface area contributed by atoms with Crippen LogP contribution in [0.4, 0.5) is 4.39 Å². The van der Waals surface area contributed by atoms with E-state index in [0.717, 1.165) is 0 Å². The minimum absolute atomic E-state index is 0.0621. The van der Waals surface area contributed by atoms with Gasteiger partial charge in [0.25, 0.3) is 5.56 Å². The molecule has 0 aliphatic heterocycles. The van der Waals surface area contributed by atoms with Crippen LogP contribution in [-0.4, -0.2) is 25.8 Å². The first-order valence-electron chi connectivity index (χ1n) is 7.08. The Morgan fingerprint density at radius 1 is 1.17 bits per heavy atom. The molecule has 2 aromatic heterocycles. The van der Waals surface area contributed by atoms with Crippen molar-refractivity contribution in [1.82, 2.24) is 14.8 Å². The summed E-state index contributed by atoms with van der Waals surface area (Å²) in [5.74, 6) is -1.56. The van der Waals surface area contributed by atoms with Gasteiger partial charge in [0.15, 0.2) is 0 Å². The molecular formula is C17H10FN3O3. The molecule has 0 spiro atoms. The Bertz CT molecular complexity index is 1180. The highest BCUT2D eigenvalue weighted by molar-refractivity contribution is 6.02. The number of H-pyrrole nitrogens is 1. The molecule has 2 heterocycles. The number of pyridine rings is 1. The Hall–Kier alpha value is -3.48. The molecule has 0 fully saturated rings. The van der Waals surface area contributed by atoms with E-state index in [0.29, 0.717) is 22.0 Å². The van der Waals surface area contributed by atoms with Gasteiger partial charge < -0.3 is 5.11 Å². The lowest BCUT2D eigenvalue weighted by molar-refractivity contribution is 0.0697. The van der Waals surface area contributed by atoms with Gasteiger partial charge in [-0.3, -0.25) is 14.9 Å². The zero-order chi connectivity index (χ0) is 16.8. The molecule has 24 heavy (non-hydrogen) atoms. The number of carboxylic acid groups (broad SMARTS) is 1. The number of carboxylic acids is 1. The first-order valence-corrected chi connectivity index (χ1v) is 7.08. The van der Waals surface area contributed by atoms with Crippen LogP contribution in [0.3, 0.4) is 0 Å². The predicted molar refractivity (Wildman–Crippen MR) is 86.1 cm³/mol. The lowest BCUT2D eigenvalue weighted by Crippen LogP contribution is -2.14. The number of aromatic amines is 1. The van der Waals surface area contributed by atoms with Crippen molar-refractivity contribution in [2.45, 2.75) is 0 Å². The molecular weight excluding hydrogens is 313 g/mol. The molecule has 4 aromatic rings. The molecule has 118 valence electrons. The van der Waals surface area contributed by atoms with Crippen molar-refractivity contribution < 1.29 is 14.3 Å². The number of halogens is 1. The van der Waals surface area contributed by atoms with Crippen LogP contribution in [0.15, 0.2) is 53.5 Å². The lowest BCUT2D eigenvalue weighted by Gasteiger charge is -2.02. The lowest BCUT2D eigenvalue weighted by atomic mass is 10.1. The number of para-hydroxylation sites is 1. The highest BCUT2D eigenvalue weighted by Gasteiger charge is 2.14. The maximum atomic E-state index is 13.9. The van der Waals surface area contributed by atoms with Crippen LogP contribution in [0.25, 0.3) is 27.5 Å². The van der Waals surface area contributed by atoms with Crippen molar-refractivity contribution in [2.24, 2.45) is 0 Å². The first-order chi connectivity index (χ1) is 11.6. The molecule has 4 rings (SSSR count). The van der Waals surface area contributed by atoms with Crippen LogP contribution >= 0.6 is 0 Å². The molecule has 0 radical (unpaired) electrons. The molecule has 0 saturated carbocycles. The molecule has 0 saturated heterocycles. The molecule has 6 nitrogen and oxygen atoms in total. The SMILES string of the molecule is O=C(O)c1cccc(-n2[nH]c3c(cnc4c(F)cccc43)c2=O)c1. The molecule has 2 N–H and O–H groups in total. The number of hydrogen-bond donors (Lipinski definition) is 2. The number of hydrogen-bond acceptors (Lipinski definition) is 3. The number of nitrogens with zero attached hydrogens (tertiary/aromatic N) is 2. The average molecular weight is 323 g/mol. The van der Waals surface area contributed by atoms with E-state index >= 15 is 0 Å². The van der Waals surface area contributed by atoms with E-state index < -0.39 is 11.8 Å². The van der Waals surface area contributed by atoms with Gasteiger partial charge in [0, 0.05) is 11.6 Å². The Morgan fingerprint density at radius 3 is 2.75 bits per heavy atom. The topological polar surface area (TPSA) is 88.0 Å². The fraction of sp³-hybridized carbons (Fsp3) is 0. The van der Waals surface area contributed by atoms with Gasteiger partial charge in [0.1, 0.15) is 11.3 Å². The van der Waals surface area contributed by atoms with Crippen LogP contribution in [0, 0.1) is 5.82 Å². The summed E-state index contributed by atoms with van der Waals surface area (Å²) >= 11 is 0. The normalized spacial score (nSPS) is 11.2. The monoisotopic (exact) mass is 323 g/mol. The van der Waals surface area contributed by atoms with E-state index in [9.17, 15) is 14.0 Å². The number of rotatable bonds is 2. The van der Waals surface area contributed by atoms with Gasteiger partial charge in [-0.1, -0.05) is 18.2 Å². The van der Waals surface area contributed by atoms with E-state index in [2.05, 4.69) is 10.1 Å². The van der Waals surface area contributed by atoms with Gasteiger partial charge >= 0.3 is 5.97 Å². The fourth-order valence-corrected chi connectivity index (χ4v) is 2.71. The van der Waals surface area contributed by atoms with Crippen molar-refractivity contribution in [2.75, 3.05) is 0 Å². The molecule has 2 aromatic carbocycles. The van der Waals surface area contributed by atoms with Crippen molar-refractivity contribution in [1.29, 1.82) is 0 Å². The Labute approximate surface area is 133 Å². The number of aromatic nitrogens is 3. The second kappa shape index (κ2) is 5.02.